The summed E-state index contributed by atoms with van der Waals surface area (Å²) in [5.74, 6) is 1.10. The molecule has 7 heteroatoms. The number of benzene rings is 1. The second-order valence-electron chi connectivity index (χ2n) is 6.59. The van der Waals surface area contributed by atoms with Crippen LogP contribution in [0.15, 0.2) is 53.8 Å². The Labute approximate surface area is 177 Å². The van der Waals surface area contributed by atoms with E-state index in [1.807, 2.05) is 48.8 Å². The number of aliphatic imine (C=N–C) groups is 1. The fourth-order valence-electron chi connectivity index (χ4n) is 2.90. The Bertz CT molecular complexity index is 741. The van der Waals surface area contributed by atoms with Gasteiger partial charge in [-0.2, -0.15) is 0 Å². The van der Waals surface area contributed by atoms with E-state index in [1.54, 1.807) is 7.05 Å². The van der Waals surface area contributed by atoms with Crippen LogP contribution in [0.3, 0.4) is 0 Å². The first kappa shape index (κ1) is 21.3. The van der Waals surface area contributed by atoms with Crippen molar-refractivity contribution in [2.45, 2.75) is 32.4 Å². The van der Waals surface area contributed by atoms with E-state index in [9.17, 15) is 4.79 Å². The van der Waals surface area contributed by atoms with Crippen LogP contribution >= 0.6 is 24.0 Å². The third kappa shape index (κ3) is 6.57. The molecule has 146 valence electrons. The fraction of sp³-hybridized carbons (Fsp3) is 0.400. The molecule has 27 heavy (non-hydrogen) atoms. The molecule has 3 N–H and O–H groups in total. The molecule has 0 spiro atoms. The number of carbonyl (C=O) groups excluding carboxylic acids is 1. The minimum Gasteiger partial charge on any atom is -0.355 e. The number of halogens is 1. The van der Waals surface area contributed by atoms with Crippen LogP contribution in [0.1, 0.15) is 24.8 Å². The van der Waals surface area contributed by atoms with Gasteiger partial charge in [0.2, 0.25) is 5.91 Å². The number of nitrogens with zero attached hydrogens (tertiary/aromatic N) is 2. The molecule has 6 nitrogen and oxygen atoms in total. The molecule has 0 unspecified atom stereocenters. The summed E-state index contributed by atoms with van der Waals surface area (Å²) in [6.07, 6.45) is 7.28. The largest absolute Gasteiger partial charge is 0.355 e. The van der Waals surface area contributed by atoms with E-state index < -0.39 is 0 Å². The minimum atomic E-state index is 0. The zero-order valence-corrected chi connectivity index (χ0v) is 18.0. The normalized spacial score (nSPS) is 14.0. The van der Waals surface area contributed by atoms with Crippen molar-refractivity contribution in [3.05, 3.63) is 54.4 Å². The zero-order chi connectivity index (χ0) is 18.2. The van der Waals surface area contributed by atoms with Gasteiger partial charge in [0.25, 0.3) is 0 Å². The molecular formula is C20H28IN5O. The highest BCUT2D eigenvalue weighted by Crippen LogP contribution is 2.27. The third-order valence-corrected chi connectivity index (χ3v) is 4.68. The number of anilines is 1. The fourth-order valence-corrected chi connectivity index (χ4v) is 2.90. The molecule has 3 rings (SSSR count). The molecule has 2 aromatic rings. The molecule has 0 atom stereocenters. The monoisotopic (exact) mass is 481 g/mol. The van der Waals surface area contributed by atoms with Gasteiger partial charge < -0.3 is 20.5 Å². The van der Waals surface area contributed by atoms with Gasteiger partial charge in [-0.1, -0.05) is 18.6 Å². The number of hydrogen-bond acceptors (Lipinski definition) is 2. The maximum absolute atomic E-state index is 12.1. The number of rotatable bonds is 7. The second-order valence-corrected chi connectivity index (χ2v) is 6.59. The van der Waals surface area contributed by atoms with Crippen molar-refractivity contribution in [3.63, 3.8) is 0 Å². The van der Waals surface area contributed by atoms with Gasteiger partial charge in [-0.3, -0.25) is 9.79 Å². The third-order valence-electron chi connectivity index (χ3n) is 4.68. The van der Waals surface area contributed by atoms with Gasteiger partial charge >= 0.3 is 0 Å². The quantitative estimate of drug-likeness (QED) is 0.323. The van der Waals surface area contributed by atoms with Crippen LogP contribution in [-0.2, 0) is 17.9 Å². The van der Waals surface area contributed by atoms with Crippen LogP contribution in [-0.4, -0.2) is 30.0 Å². The molecular weight excluding hydrogens is 453 g/mol. The lowest BCUT2D eigenvalue weighted by molar-refractivity contribution is -0.122. The van der Waals surface area contributed by atoms with E-state index >= 15 is 0 Å². The lowest BCUT2D eigenvalue weighted by Gasteiger charge is -2.24. The molecule has 1 aromatic heterocycles. The summed E-state index contributed by atoms with van der Waals surface area (Å²) in [5, 5.41) is 9.63. The molecule has 1 aliphatic carbocycles. The molecule has 1 heterocycles. The van der Waals surface area contributed by atoms with Crippen molar-refractivity contribution in [2.24, 2.45) is 10.9 Å². The van der Waals surface area contributed by atoms with Gasteiger partial charge in [0.15, 0.2) is 5.96 Å². The molecule has 1 saturated carbocycles. The summed E-state index contributed by atoms with van der Waals surface area (Å²) >= 11 is 0. The Kier molecular flexibility index (Phi) is 8.63. The first-order chi connectivity index (χ1) is 12.7. The molecule has 0 bridgehead atoms. The number of hydrogen-bond donors (Lipinski definition) is 3. The Morgan fingerprint density at radius 1 is 1.19 bits per heavy atom. The number of carbonyl (C=O) groups is 1. The Morgan fingerprint density at radius 3 is 2.63 bits per heavy atom. The van der Waals surface area contributed by atoms with Crippen LogP contribution in [0.5, 0.6) is 0 Å². The summed E-state index contributed by atoms with van der Waals surface area (Å²) in [6, 6.07) is 12.0. The Hall–Kier alpha value is -2.03. The van der Waals surface area contributed by atoms with Gasteiger partial charge in [0, 0.05) is 50.7 Å². The number of guanidine groups is 1. The van der Waals surface area contributed by atoms with Crippen LogP contribution < -0.4 is 16.0 Å². The zero-order valence-electron chi connectivity index (χ0n) is 15.6. The Balaban J connectivity index is 0.00000261. The van der Waals surface area contributed by atoms with Crippen LogP contribution in [0.2, 0.25) is 0 Å². The molecule has 0 saturated heterocycles. The topological polar surface area (TPSA) is 70.5 Å². The predicted molar refractivity (Wildman–Crippen MR) is 120 cm³/mol. The van der Waals surface area contributed by atoms with Gasteiger partial charge in [0.1, 0.15) is 0 Å². The first-order valence-corrected chi connectivity index (χ1v) is 9.19. The van der Waals surface area contributed by atoms with E-state index in [0.717, 1.165) is 43.1 Å². The average Bonchev–Trinajstić information content (AvgIpc) is 3.10. The summed E-state index contributed by atoms with van der Waals surface area (Å²) in [4.78, 5) is 16.3. The maximum Gasteiger partial charge on any atom is 0.227 e. The molecule has 1 fully saturated rings. The minimum absolute atomic E-state index is 0. The molecule has 0 radical (unpaired) electrons. The van der Waals surface area contributed by atoms with Gasteiger partial charge in [-0.15, -0.1) is 24.0 Å². The summed E-state index contributed by atoms with van der Waals surface area (Å²) in [7, 11) is 1.76. The first-order valence-electron chi connectivity index (χ1n) is 9.19. The van der Waals surface area contributed by atoms with Gasteiger partial charge in [0.05, 0.1) is 0 Å². The number of aromatic nitrogens is 1. The molecule has 1 aliphatic rings. The highest BCUT2D eigenvalue weighted by molar-refractivity contribution is 14.0. The second kappa shape index (κ2) is 11.0. The van der Waals surface area contributed by atoms with Gasteiger partial charge in [-0.05, 0) is 42.7 Å². The van der Waals surface area contributed by atoms with Gasteiger partial charge in [-0.25, -0.2) is 0 Å². The van der Waals surface area contributed by atoms with E-state index in [4.69, 9.17) is 0 Å². The van der Waals surface area contributed by atoms with Crippen molar-refractivity contribution in [1.82, 2.24) is 15.2 Å². The van der Waals surface area contributed by atoms with Crippen molar-refractivity contribution >= 4 is 41.5 Å². The van der Waals surface area contributed by atoms with E-state index in [1.165, 1.54) is 6.42 Å². The van der Waals surface area contributed by atoms with E-state index in [0.29, 0.717) is 6.54 Å². The average molecular weight is 481 g/mol. The standard InChI is InChI=1S/C20H27N5O.HI/c1-21-20(22-10-13-25-11-2-3-12-25)23-15-16-6-4-9-18(14-16)24-19(26)17-7-5-8-17;/h2-4,6,9,11-12,14,17H,5,7-8,10,13,15H2,1H3,(H,24,26)(H2,21,22,23);1H. The highest BCUT2D eigenvalue weighted by Gasteiger charge is 2.25. The predicted octanol–water partition coefficient (Wildman–Crippen LogP) is 3.21. The van der Waals surface area contributed by atoms with E-state index in [2.05, 4.69) is 25.5 Å². The van der Waals surface area contributed by atoms with Crippen LogP contribution in [0.25, 0.3) is 0 Å². The van der Waals surface area contributed by atoms with Crippen molar-refractivity contribution < 1.29 is 4.79 Å². The van der Waals surface area contributed by atoms with Crippen LogP contribution in [0.4, 0.5) is 5.69 Å². The van der Waals surface area contributed by atoms with Crippen molar-refractivity contribution in [1.29, 1.82) is 0 Å². The lowest BCUT2D eigenvalue weighted by Crippen LogP contribution is -2.38. The summed E-state index contributed by atoms with van der Waals surface area (Å²) in [6.45, 7) is 2.33. The highest BCUT2D eigenvalue weighted by atomic mass is 127. The lowest BCUT2D eigenvalue weighted by atomic mass is 9.85. The number of nitrogens with one attached hydrogen (secondary N) is 3. The Morgan fingerprint density at radius 2 is 1.96 bits per heavy atom. The molecule has 1 amide bonds. The maximum atomic E-state index is 12.1. The molecule has 1 aromatic carbocycles. The summed E-state index contributed by atoms with van der Waals surface area (Å²) in [5.41, 5.74) is 1.96. The SMILES string of the molecule is CN=C(NCCn1cccc1)NCc1cccc(NC(=O)C2CCC2)c1.I. The number of amides is 1. The van der Waals surface area contributed by atoms with Crippen molar-refractivity contribution in [3.8, 4) is 0 Å². The van der Waals surface area contributed by atoms with E-state index in [-0.39, 0.29) is 35.8 Å². The smallest absolute Gasteiger partial charge is 0.227 e. The summed E-state index contributed by atoms with van der Waals surface area (Å²) < 4.78 is 2.12. The molecule has 0 aliphatic heterocycles. The van der Waals surface area contributed by atoms with Crippen LogP contribution in [0, 0.1) is 5.92 Å². The van der Waals surface area contributed by atoms with Crippen molar-refractivity contribution in [2.75, 3.05) is 18.9 Å².